The molecule has 0 aliphatic carbocycles. The minimum absolute atomic E-state index is 0.236. The number of nitrogens with zero attached hydrogens (tertiary/aromatic N) is 2. The van der Waals surface area contributed by atoms with E-state index in [9.17, 15) is 5.26 Å². The van der Waals surface area contributed by atoms with Crippen LogP contribution in [-0.2, 0) is 0 Å². The second kappa shape index (κ2) is 4.91. The number of nitrogen functional groups attached to an aromatic ring is 1. The van der Waals surface area contributed by atoms with Crippen LogP contribution in [-0.4, -0.2) is 0 Å². The van der Waals surface area contributed by atoms with Gasteiger partial charge < -0.3 is 5.73 Å². The largest absolute Gasteiger partial charge is 0.397 e. The number of nitriles is 2. The van der Waals surface area contributed by atoms with E-state index >= 15 is 0 Å². The predicted octanol–water partition coefficient (Wildman–Crippen LogP) is 3.44. The first kappa shape index (κ1) is 12.2. The Labute approximate surface area is 113 Å². The summed E-state index contributed by atoms with van der Waals surface area (Å²) < 4.78 is 0.964. The van der Waals surface area contributed by atoms with Gasteiger partial charge in [0.1, 0.15) is 12.1 Å². The number of nitrogens with two attached hydrogens (primary N) is 1. The highest BCUT2D eigenvalue weighted by atomic mass is 79.9. The second-order valence-electron chi connectivity index (χ2n) is 3.68. The summed E-state index contributed by atoms with van der Waals surface area (Å²) in [7, 11) is 0. The smallest absolute Gasteiger partial charge is 0.102 e. The second-order valence-corrected chi connectivity index (χ2v) is 4.60. The van der Waals surface area contributed by atoms with E-state index in [1.807, 2.05) is 30.3 Å². The van der Waals surface area contributed by atoms with Crippen LogP contribution in [0.4, 0.5) is 5.69 Å². The standard InChI is InChI=1S/C14H8BrN3/c15-11-4-1-9(2-5-11)12-6-3-10(7-16)14(18)13(12)8-17/h1-6H,18H2. The SMILES string of the molecule is N#Cc1ccc(-c2ccc(Br)cc2)c(C#N)c1N. The van der Waals surface area contributed by atoms with Gasteiger partial charge in [-0.25, -0.2) is 0 Å². The summed E-state index contributed by atoms with van der Waals surface area (Å²) >= 11 is 3.36. The number of rotatable bonds is 1. The Morgan fingerprint density at radius 2 is 1.61 bits per heavy atom. The molecule has 0 aliphatic rings. The molecule has 3 nitrogen and oxygen atoms in total. The van der Waals surface area contributed by atoms with Crippen molar-refractivity contribution in [2.45, 2.75) is 0 Å². The van der Waals surface area contributed by atoms with Crippen LogP contribution in [0.2, 0.25) is 0 Å². The van der Waals surface area contributed by atoms with Gasteiger partial charge in [0.25, 0.3) is 0 Å². The fourth-order valence-electron chi connectivity index (χ4n) is 1.71. The molecule has 0 spiro atoms. The Bertz CT molecular complexity index is 676. The van der Waals surface area contributed by atoms with Gasteiger partial charge in [0, 0.05) is 10.0 Å². The van der Waals surface area contributed by atoms with Gasteiger partial charge in [-0.3, -0.25) is 0 Å². The number of halogens is 1. The van der Waals surface area contributed by atoms with Gasteiger partial charge in [0.2, 0.25) is 0 Å². The van der Waals surface area contributed by atoms with Crippen LogP contribution < -0.4 is 5.73 Å². The molecule has 0 aromatic heterocycles. The maximum Gasteiger partial charge on any atom is 0.102 e. The van der Waals surface area contributed by atoms with Gasteiger partial charge in [-0.15, -0.1) is 0 Å². The van der Waals surface area contributed by atoms with Crippen molar-refractivity contribution < 1.29 is 0 Å². The Kier molecular flexibility index (Phi) is 3.32. The molecule has 0 fully saturated rings. The van der Waals surface area contributed by atoms with E-state index in [1.165, 1.54) is 0 Å². The normalized spacial score (nSPS) is 9.50. The first-order chi connectivity index (χ1) is 8.67. The molecule has 2 aromatic rings. The van der Waals surface area contributed by atoms with Gasteiger partial charge in [-0.2, -0.15) is 10.5 Å². The van der Waals surface area contributed by atoms with E-state index < -0.39 is 0 Å². The van der Waals surface area contributed by atoms with Crippen molar-refractivity contribution in [1.82, 2.24) is 0 Å². The number of anilines is 1. The molecule has 4 heteroatoms. The van der Waals surface area contributed by atoms with E-state index in [1.54, 1.807) is 12.1 Å². The van der Waals surface area contributed by atoms with Crippen molar-refractivity contribution >= 4 is 21.6 Å². The maximum atomic E-state index is 9.19. The molecule has 0 heterocycles. The number of benzene rings is 2. The van der Waals surface area contributed by atoms with Crippen LogP contribution in [0.15, 0.2) is 40.9 Å². The molecule has 0 bridgehead atoms. The molecule has 2 N–H and O–H groups in total. The lowest BCUT2D eigenvalue weighted by Crippen LogP contribution is -1.97. The third kappa shape index (κ3) is 2.07. The lowest BCUT2D eigenvalue weighted by molar-refractivity contribution is 1.44. The van der Waals surface area contributed by atoms with Crippen LogP contribution in [0, 0.1) is 22.7 Å². The highest BCUT2D eigenvalue weighted by molar-refractivity contribution is 9.10. The topological polar surface area (TPSA) is 73.6 Å². The van der Waals surface area contributed by atoms with Crippen LogP contribution in [0.3, 0.4) is 0 Å². The van der Waals surface area contributed by atoms with Crippen LogP contribution >= 0.6 is 15.9 Å². The summed E-state index contributed by atoms with van der Waals surface area (Å²) in [5, 5.41) is 18.1. The number of hydrogen-bond acceptors (Lipinski definition) is 3. The van der Waals surface area contributed by atoms with Crippen LogP contribution in [0.5, 0.6) is 0 Å². The third-order valence-electron chi connectivity index (χ3n) is 2.63. The Morgan fingerprint density at radius 3 is 2.17 bits per heavy atom. The molecule has 0 unspecified atom stereocenters. The summed E-state index contributed by atoms with van der Waals surface area (Å²) in [4.78, 5) is 0. The molecule has 0 radical (unpaired) electrons. The van der Waals surface area contributed by atoms with Crippen molar-refractivity contribution in [3.05, 3.63) is 52.0 Å². The molecule has 0 aliphatic heterocycles. The summed E-state index contributed by atoms with van der Waals surface area (Å²) in [6.45, 7) is 0. The Morgan fingerprint density at radius 1 is 0.944 bits per heavy atom. The molecule has 18 heavy (non-hydrogen) atoms. The lowest BCUT2D eigenvalue weighted by Gasteiger charge is -2.08. The van der Waals surface area contributed by atoms with Crippen molar-refractivity contribution in [1.29, 1.82) is 10.5 Å². The minimum Gasteiger partial charge on any atom is -0.397 e. The molecular weight excluding hydrogens is 290 g/mol. The van der Waals surface area contributed by atoms with E-state index in [0.29, 0.717) is 11.1 Å². The predicted molar refractivity (Wildman–Crippen MR) is 73.4 cm³/mol. The number of hydrogen-bond donors (Lipinski definition) is 1. The quantitative estimate of drug-likeness (QED) is 0.819. The minimum atomic E-state index is 0.236. The third-order valence-corrected chi connectivity index (χ3v) is 3.16. The molecule has 2 aromatic carbocycles. The van der Waals surface area contributed by atoms with E-state index in [4.69, 9.17) is 11.0 Å². The molecule has 0 atom stereocenters. The van der Waals surface area contributed by atoms with Crippen LogP contribution in [0.25, 0.3) is 11.1 Å². The monoisotopic (exact) mass is 297 g/mol. The van der Waals surface area contributed by atoms with Gasteiger partial charge >= 0.3 is 0 Å². The van der Waals surface area contributed by atoms with Crippen molar-refractivity contribution in [2.24, 2.45) is 0 Å². The first-order valence-corrected chi connectivity index (χ1v) is 5.95. The fraction of sp³-hybridized carbons (Fsp3) is 0. The summed E-state index contributed by atoms with van der Waals surface area (Å²) in [6.07, 6.45) is 0. The zero-order valence-corrected chi connectivity index (χ0v) is 10.9. The van der Waals surface area contributed by atoms with Crippen molar-refractivity contribution in [3.63, 3.8) is 0 Å². The molecule has 0 saturated heterocycles. The van der Waals surface area contributed by atoms with Crippen LogP contribution in [0.1, 0.15) is 11.1 Å². The molecule has 0 amide bonds. The fourth-order valence-corrected chi connectivity index (χ4v) is 1.97. The Balaban J connectivity index is 2.67. The molecule has 2 rings (SSSR count). The maximum absolute atomic E-state index is 9.19. The highest BCUT2D eigenvalue weighted by Crippen LogP contribution is 2.30. The van der Waals surface area contributed by atoms with Gasteiger partial charge in [-0.1, -0.05) is 34.1 Å². The van der Waals surface area contributed by atoms with Crippen molar-refractivity contribution in [2.75, 3.05) is 5.73 Å². The average Bonchev–Trinajstić information content (AvgIpc) is 2.39. The molecule has 86 valence electrons. The van der Waals surface area contributed by atoms with Gasteiger partial charge in [-0.05, 0) is 23.8 Å². The first-order valence-electron chi connectivity index (χ1n) is 5.16. The Hall–Kier alpha value is -2.30. The van der Waals surface area contributed by atoms with E-state index in [0.717, 1.165) is 15.6 Å². The van der Waals surface area contributed by atoms with Crippen molar-refractivity contribution in [3.8, 4) is 23.3 Å². The van der Waals surface area contributed by atoms with E-state index in [2.05, 4.69) is 22.0 Å². The highest BCUT2D eigenvalue weighted by Gasteiger charge is 2.11. The molecular formula is C14H8BrN3. The summed E-state index contributed by atoms with van der Waals surface area (Å²) in [5.41, 5.74) is 8.36. The molecule has 0 saturated carbocycles. The summed E-state index contributed by atoms with van der Waals surface area (Å²) in [5.74, 6) is 0. The average molecular weight is 298 g/mol. The van der Waals surface area contributed by atoms with Gasteiger partial charge in [0.15, 0.2) is 0 Å². The summed E-state index contributed by atoms with van der Waals surface area (Å²) in [6, 6.07) is 15.0. The van der Waals surface area contributed by atoms with Gasteiger partial charge in [0.05, 0.1) is 16.8 Å². The van der Waals surface area contributed by atoms with E-state index in [-0.39, 0.29) is 5.69 Å². The zero-order chi connectivity index (χ0) is 13.1. The zero-order valence-electron chi connectivity index (χ0n) is 9.31. The lowest BCUT2D eigenvalue weighted by atomic mass is 9.96.